The van der Waals surface area contributed by atoms with Crippen molar-refractivity contribution in [3.63, 3.8) is 0 Å². The Morgan fingerprint density at radius 1 is 1.35 bits per heavy atom. The van der Waals surface area contributed by atoms with Crippen LogP contribution in [0.4, 0.5) is 8.78 Å². The Morgan fingerprint density at radius 3 is 2.60 bits per heavy atom. The van der Waals surface area contributed by atoms with Gasteiger partial charge in [-0.05, 0) is 17.7 Å². The summed E-state index contributed by atoms with van der Waals surface area (Å²) in [7, 11) is -3.37. The third-order valence-electron chi connectivity index (χ3n) is 2.73. The van der Waals surface area contributed by atoms with Crippen LogP contribution in [0, 0.1) is 11.6 Å². The monoisotopic (exact) mass is 302 g/mol. The molecule has 1 N–H and O–H groups in total. The molecule has 0 spiro atoms. The predicted octanol–water partition coefficient (Wildman–Crippen LogP) is 1.30. The van der Waals surface area contributed by atoms with E-state index in [0.29, 0.717) is 0 Å². The van der Waals surface area contributed by atoms with Gasteiger partial charge in [0.25, 0.3) is 0 Å². The Hall–Kier alpha value is -1.80. The Kier molecular flexibility index (Phi) is 3.87. The smallest absolute Gasteiger partial charge is 0.178 e. The molecule has 0 amide bonds. The first-order valence-corrected chi connectivity index (χ1v) is 7.52. The fourth-order valence-electron chi connectivity index (χ4n) is 1.64. The van der Waals surface area contributed by atoms with Crippen molar-refractivity contribution in [3.8, 4) is 0 Å². The van der Waals surface area contributed by atoms with Gasteiger partial charge in [-0.1, -0.05) is 6.07 Å². The van der Waals surface area contributed by atoms with Gasteiger partial charge < -0.3 is 5.11 Å². The maximum absolute atomic E-state index is 13.1. The molecule has 1 heterocycles. The van der Waals surface area contributed by atoms with Crippen LogP contribution in [0.5, 0.6) is 0 Å². The number of benzene rings is 1. The van der Waals surface area contributed by atoms with Crippen molar-refractivity contribution in [2.45, 2.75) is 17.5 Å². The number of sulfone groups is 1. The minimum Gasteiger partial charge on any atom is -0.386 e. The van der Waals surface area contributed by atoms with Crippen LogP contribution in [-0.2, 0) is 16.4 Å². The molecule has 0 bridgehead atoms. The second-order valence-electron chi connectivity index (χ2n) is 4.36. The Balaban J connectivity index is 2.17. The first-order valence-electron chi connectivity index (χ1n) is 5.63. The molecule has 5 nitrogen and oxygen atoms in total. The van der Waals surface area contributed by atoms with Crippen LogP contribution < -0.4 is 0 Å². The minimum atomic E-state index is -3.37. The second-order valence-corrected chi connectivity index (χ2v) is 6.38. The molecule has 8 heteroatoms. The zero-order valence-electron chi connectivity index (χ0n) is 10.5. The Bertz CT molecular complexity index is 728. The highest BCUT2D eigenvalue weighted by atomic mass is 32.2. The summed E-state index contributed by atoms with van der Waals surface area (Å²) < 4.78 is 49.6. The SMILES string of the molecule is CS(=O)(=O)c1cnn(CC(O)c2ccc(F)c(F)c2)c1. The first kappa shape index (κ1) is 14.6. The second kappa shape index (κ2) is 5.29. The summed E-state index contributed by atoms with van der Waals surface area (Å²) in [5.41, 5.74) is 0.181. The summed E-state index contributed by atoms with van der Waals surface area (Å²) in [4.78, 5) is 0.0231. The lowest BCUT2D eigenvalue weighted by Gasteiger charge is -2.11. The molecule has 20 heavy (non-hydrogen) atoms. The van der Waals surface area contributed by atoms with Gasteiger partial charge in [0.2, 0.25) is 0 Å². The molecule has 0 saturated heterocycles. The number of rotatable bonds is 4. The van der Waals surface area contributed by atoms with Gasteiger partial charge in [0, 0.05) is 12.5 Å². The average molecular weight is 302 g/mol. The highest BCUT2D eigenvalue weighted by Crippen LogP contribution is 2.18. The zero-order chi connectivity index (χ0) is 14.9. The van der Waals surface area contributed by atoms with E-state index in [1.807, 2.05) is 0 Å². The van der Waals surface area contributed by atoms with Crippen molar-refractivity contribution in [1.29, 1.82) is 0 Å². The molecule has 0 saturated carbocycles. The van der Waals surface area contributed by atoms with Crippen LogP contribution in [0.3, 0.4) is 0 Å². The quantitative estimate of drug-likeness (QED) is 0.924. The molecule has 1 atom stereocenters. The lowest BCUT2D eigenvalue weighted by molar-refractivity contribution is 0.151. The lowest BCUT2D eigenvalue weighted by atomic mass is 10.1. The van der Waals surface area contributed by atoms with Crippen molar-refractivity contribution in [3.05, 3.63) is 47.8 Å². The van der Waals surface area contributed by atoms with E-state index >= 15 is 0 Å². The summed E-state index contributed by atoms with van der Waals surface area (Å²) >= 11 is 0. The first-order chi connectivity index (χ1) is 9.27. The summed E-state index contributed by atoms with van der Waals surface area (Å²) in [6.07, 6.45) is 2.34. The summed E-state index contributed by atoms with van der Waals surface area (Å²) in [6.45, 7) is -0.0689. The topological polar surface area (TPSA) is 72.2 Å². The molecule has 2 rings (SSSR count). The van der Waals surface area contributed by atoms with E-state index in [-0.39, 0.29) is 17.0 Å². The van der Waals surface area contributed by atoms with Gasteiger partial charge in [-0.25, -0.2) is 17.2 Å². The average Bonchev–Trinajstić information content (AvgIpc) is 2.81. The van der Waals surface area contributed by atoms with Gasteiger partial charge >= 0.3 is 0 Å². The molecule has 0 aliphatic heterocycles. The van der Waals surface area contributed by atoms with Crippen molar-refractivity contribution >= 4 is 9.84 Å². The largest absolute Gasteiger partial charge is 0.386 e. The van der Waals surface area contributed by atoms with Crippen molar-refractivity contribution in [2.75, 3.05) is 6.26 Å². The third-order valence-corrected chi connectivity index (χ3v) is 3.79. The fourth-order valence-corrected chi connectivity index (χ4v) is 2.19. The normalized spacial score (nSPS) is 13.4. The summed E-state index contributed by atoms with van der Waals surface area (Å²) in [5.74, 6) is -2.06. The molecule has 0 aliphatic rings. The number of hydrogen-bond donors (Lipinski definition) is 1. The number of aliphatic hydroxyl groups excluding tert-OH is 1. The van der Waals surface area contributed by atoms with E-state index in [4.69, 9.17) is 0 Å². The summed E-state index contributed by atoms with van der Waals surface area (Å²) in [6, 6.07) is 3.06. The molecule has 1 aromatic carbocycles. The van der Waals surface area contributed by atoms with Gasteiger partial charge in [0.05, 0.1) is 18.8 Å². The Labute approximate surface area is 114 Å². The third kappa shape index (κ3) is 3.20. The van der Waals surface area contributed by atoms with Gasteiger partial charge in [0.15, 0.2) is 21.5 Å². The van der Waals surface area contributed by atoms with Gasteiger partial charge in [-0.15, -0.1) is 0 Å². The van der Waals surface area contributed by atoms with Gasteiger partial charge in [-0.3, -0.25) is 4.68 Å². The number of halogens is 2. The van der Waals surface area contributed by atoms with E-state index in [2.05, 4.69) is 5.10 Å². The molecular weight excluding hydrogens is 290 g/mol. The van der Waals surface area contributed by atoms with Crippen LogP contribution in [0.2, 0.25) is 0 Å². The maximum atomic E-state index is 13.1. The fraction of sp³-hybridized carbons (Fsp3) is 0.250. The van der Waals surface area contributed by atoms with Crippen LogP contribution in [0.25, 0.3) is 0 Å². The van der Waals surface area contributed by atoms with Crippen LogP contribution in [0.15, 0.2) is 35.5 Å². The lowest BCUT2D eigenvalue weighted by Crippen LogP contribution is -2.09. The molecule has 0 radical (unpaired) electrons. The van der Waals surface area contributed by atoms with Crippen molar-refractivity contribution in [1.82, 2.24) is 9.78 Å². The van der Waals surface area contributed by atoms with Gasteiger partial charge in [0.1, 0.15) is 4.90 Å². The molecular formula is C12H12F2N2O3S. The van der Waals surface area contributed by atoms with E-state index < -0.39 is 27.6 Å². The van der Waals surface area contributed by atoms with Crippen LogP contribution in [-0.4, -0.2) is 29.6 Å². The Morgan fingerprint density at radius 2 is 2.05 bits per heavy atom. The molecule has 0 fully saturated rings. The summed E-state index contributed by atoms with van der Waals surface area (Å²) in [5, 5.41) is 13.7. The molecule has 108 valence electrons. The number of aromatic nitrogens is 2. The number of hydrogen-bond acceptors (Lipinski definition) is 4. The minimum absolute atomic E-state index is 0.0231. The standard InChI is InChI=1S/C12H12F2N2O3S/c1-20(18,19)9-5-15-16(6-9)7-12(17)8-2-3-10(13)11(14)4-8/h2-6,12,17H,7H2,1H3. The maximum Gasteiger partial charge on any atom is 0.178 e. The number of aliphatic hydroxyl groups is 1. The molecule has 2 aromatic rings. The highest BCUT2D eigenvalue weighted by molar-refractivity contribution is 7.90. The zero-order valence-corrected chi connectivity index (χ0v) is 11.3. The van der Waals surface area contributed by atoms with E-state index in [1.165, 1.54) is 16.9 Å². The van der Waals surface area contributed by atoms with Crippen LogP contribution in [0.1, 0.15) is 11.7 Å². The van der Waals surface area contributed by atoms with Crippen molar-refractivity contribution in [2.24, 2.45) is 0 Å². The molecule has 1 aromatic heterocycles. The predicted molar refractivity (Wildman–Crippen MR) is 66.7 cm³/mol. The van der Waals surface area contributed by atoms with E-state index in [1.54, 1.807) is 0 Å². The molecule has 1 unspecified atom stereocenters. The van der Waals surface area contributed by atoms with Crippen molar-refractivity contribution < 1.29 is 22.3 Å². The van der Waals surface area contributed by atoms with E-state index in [9.17, 15) is 22.3 Å². The number of nitrogens with zero attached hydrogens (tertiary/aromatic N) is 2. The van der Waals surface area contributed by atoms with Gasteiger partial charge in [-0.2, -0.15) is 5.10 Å². The highest BCUT2D eigenvalue weighted by Gasteiger charge is 2.14. The van der Waals surface area contributed by atoms with E-state index in [0.717, 1.165) is 24.6 Å². The molecule has 0 aliphatic carbocycles. The van der Waals surface area contributed by atoms with Crippen LogP contribution >= 0.6 is 0 Å².